The first-order valence-corrected chi connectivity index (χ1v) is 4.51. The first-order chi connectivity index (χ1) is 5.68. The molecular formula is C9H23NO2. The molecule has 0 bridgehead atoms. The molecule has 0 atom stereocenters. The molecule has 0 unspecified atom stereocenters. The van der Waals surface area contributed by atoms with Crippen molar-refractivity contribution in [2.45, 2.75) is 34.6 Å². The van der Waals surface area contributed by atoms with E-state index >= 15 is 0 Å². The lowest BCUT2D eigenvalue weighted by Crippen LogP contribution is -2.26. The van der Waals surface area contributed by atoms with Crippen molar-refractivity contribution in [2.24, 2.45) is 0 Å². The van der Waals surface area contributed by atoms with Crippen LogP contribution in [0.15, 0.2) is 0 Å². The molecule has 0 aliphatic carbocycles. The van der Waals surface area contributed by atoms with Crippen molar-refractivity contribution in [3.63, 3.8) is 0 Å². The van der Waals surface area contributed by atoms with Crippen LogP contribution in [0.1, 0.15) is 34.6 Å². The molecule has 0 saturated heterocycles. The Balaban J connectivity index is -0.000000175. The normalized spacial score (nSPS) is 6.92. The van der Waals surface area contributed by atoms with Crippen LogP contribution in [0, 0.1) is 0 Å². The topological polar surface area (TPSA) is 40.5 Å². The minimum Gasteiger partial charge on any atom is -0.395 e. The van der Waals surface area contributed by atoms with Crippen molar-refractivity contribution in [3.05, 3.63) is 0 Å². The number of carbonyl (C=O) groups excluding carboxylic acids is 1. The van der Waals surface area contributed by atoms with E-state index in [0.29, 0.717) is 6.54 Å². The van der Waals surface area contributed by atoms with Crippen LogP contribution in [0.5, 0.6) is 0 Å². The fraction of sp³-hybridized carbons (Fsp3) is 0.889. The molecule has 1 amide bonds. The lowest BCUT2D eigenvalue weighted by molar-refractivity contribution is -0.127. The van der Waals surface area contributed by atoms with Crippen LogP contribution in [-0.4, -0.2) is 36.1 Å². The smallest absolute Gasteiger partial charge is 0.219 e. The Hall–Kier alpha value is -0.570. The number of aliphatic hydroxyl groups is 1. The van der Waals surface area contributed by atoms with E-state index in [9.17, 15) is 4.79 Å². The molecule has 0 aromatic heterocycles. The van der Waals surface area contributed by atoms with Crippen LogP contribution in [-0.2, 0) is 4.79 Å². The van der Waals surface area contributed by atoms with Gasteiger partial charge >= 0.3 is 0 Å². The summed E-state index contributed by atoms with van der Waals surface area (Å²) in [4.78, 5) is 11.8. The fourth-order valence-electron chi connectivity index (χ4n) is 0.307. The highest BCUT2D eigenvalue weighted by molar-refractivity contribution is 5.72. The summed E-state index contributed by atoms with van der Waals surface area (Å²) in [5.74, 6) is -0.0148. The SMILES string of the molecule is CC.CC.CC(=O)N(C)CCO. The molecule has 0 aromatic carbocycles. The average molecular weight is 177 g/mol. The maximum absolute atomic E-state index is 10.3. The molecule has 0 aliphatic rings. The van der Waals surface area contributed by atoms with Gasteiger partial charge in [-0.05, 0) is 0 Å². The van der Waals surface area contributed by atoms with Crippen LogP contribution in [0.3, 0.4) is 0 Å². The predicted octanol–water partition coefficient (Wildman–Crippen LogP) is 1.51. The number of nitrogens with zero attached hydrogens (tertiary/aromatic N) is 1. The lowest BCUT2D eigenvalue weighted by Gasteiger charge is -2.11. The maximum Gasteiger partial charge on any atom is 0.219 e. The van der Waals surface area contributed by atoms with Crippen molar-refractivity contribution in [3.8, 4) is 0 Å². The monoisotopic (exact) mass is 177 g/mol. The summed E-state index contributed by atoms with van der Waals surface area (Å²) in [6.07, 6.45) is 0. The van der Waals surface area contributed by atoms with Crippen molar-refractivity contribution in [1.82, 2.24) is 4.90 Å². The van der Waals surface area contributed by atoms with E-state index in [1.54, 1.807) is 7.05 Å². The van der Waals surface area contributed by atoms with Crippen molar-refractivity contribution >= 4 is 5.91 Å². The molecule has 0 spiro atoms. The number of rotatable bonds is 2. The van der Waals surface area contributed by atoms with Crippen molar-refractivity contribution in [2.75, 3.05) is 20.2 Å². The summed E-state index contributed by atoms with van der Waals surface area (Å²) in [5, 5.41) is 8.29. The largest absolute Gasteiger partial charge is 0.395 e. The van der Waals surface area contributed by atoms with Gasteiger partial charge in [0.2, 0.25) is 5.91 Å². The molecule has 0 fully saturated rings. The zero-order valence-electron chi connectivity index (χ0n) is 9.22. The van der Waals surface area contributed by atoms with Gasteiger partial charge in [-0.15, -0.1) is 0 Å². The summed E-state index contributed by atoms with van der Waals surface area (Å²) in [7, 11) is 1.65. The van der Waals surface area contributed by atoms with Gasteiger partial charge in [-0.1, -0.05) is 27.7 Å². The molecule has 0 rings (SSSR count). The van der Waals surface area contributed by atoms with Gasteiger partial charge in [0.25, 0.3) is 0 Å². The van der Waals surface area contributed by atoms with Crippen LogP contribution < -0.4 is 0 Å². The van der Waals surface area contributed by atoms with Crippen molar-refractivity contribution < 1.29 is 9.90 Å². The van der Waals surface area contributed by atoms with Crippen LogP contribution >= 0.6 is 0 Å². The third-order valence-electron chi connectivity index (χ3n) is 0.973. The van der Waals surface area contributed by atoms with E-state index < -0.39 is 0 Å². The lowest BCUT2D eigenvalue weighted by atomic mass is 10.5. The number of hydrogen-bond acceptors (Lipinski definition) is 2. The van der Waals surface area contributed by atoms with Crippen molar-refractivity contribution in [1.29, 1.82) is 0 Å². The second kappa shape index (κ2) is 16.8. The summed E-state index contributed by atoms with van der Waals surface area (Å²) >= 11 is 0. The van der Waals surface area contributed by atoms with E-state index in [1.165, 1.54) is 11.8 Å². The van der Waals surface area contributed by atoms with Gasteiger partial charge in [0.05, 0.1) is 6.61 Å². The average Bonchev–Trinajstić information content (AvgIpc) is 2.12. The number of amides is 1. The third-order valence-corrected chi connectivity index (χ3v) is 0.973. The minimum absolute atomic E-state index is 0.0148. The molecule has 76 valence electrons. The van der Waals surface area contributed by atoms with Gasteiger partial charge in [-0.2, -0.15) is 0 Å². The molecule has 0 radical (unpaired) electrons. The third kappa shape index (κ3) is 16.2. The minimum atomic E-state index is -0.0148. The molecule has 3 heteroatoms. The van der Waals surface area contributed by atoms with Gasteiger partial charge < -0.3 is 10.0 Å². The standard InChI is InChI=1S/C5H11NO2.2C2H6/c1-5(8)6(2)3-4-7;2*1-2/h7H,3-4H2,1-2H3;2*1-2H3. The fourth-order valence-corrected chi connectivity index (χ4v) is 0.307. The van der Waals surface area contributed by atoms with Gasteiger partial charge in [-0.25, -0.2) is 0 Å². The second-order valence-electron chi connectivity index (χ2n) is 1.66. The second-order valence-corrected chi connectivity index (χ2v) is 1.66. The van der Waals surface area contributed by atoms with Gasteiger partial charge in [0, 0.05) is 20.5 Å². The Kier molecular flexibility index (Phi) is 24.5. The molecule has 0 saturated carbocycles. The molecule has 3 nitrogen and oxygen atoms in total. The predicted molar refractivity (Wildman–Crippen MR) is 53.1 cm³/mol. The molecule has 0 heterocycles. The molecule has 12 heavy (non-hydrogen) atoms. The zero-order valence-corrected chi connectivity index (χ0v) is 9.22. The maximum atomic E-state index is 10.3. The molecular weight excluding hydrogens is 154 g/mol. The van der Waals surface area contributed by atoms with E-state index in [0.717, 1.165) is 0 Å². The number of likely N-dealkylation sites (N-methyl/N-ethyl adjacent to an activating group) is 1. The first kappa shape index (κ1) is 17.5. The Morgan fingerprint density at radius 3 is 1.67 bits per heavy atom. The molecule has 1 N–H and O–H groups in total. The Bertz CT molecular complexity index is 84.6. The van der Waals surface area contributed by atoms with Crippen LogP contribution in [0.4, 0.5) is 0 Å². The van der Waals surface area contributed by atoms with E-state index in [-0.39, 0.29) is 12.5 Å². The van der Waals surface area contributed by atoms with Gasteiger partial charge in [0.1, 0.15) is 0 Å². The van der Waals surface area contributed by atoms with Crippen LogP contribution in [0.2, 0.25) is 0 Å². The quantitative estimate of drug-likeness (QED) is 0.694. The number of hydrogen-bond donors (Lipinski definition) is 1. The summed E-state index contributed by atoms with van der Waals surface area (Å²) < 4.78 is 0. The Labute approximate surface area is 76.4 Å². The highest BCUT2D eigenvalue weighted by Gasteiger charge is 1.97. The number of carbonyl (C=O) groups is 1. The summed E-state index contributed by atoms with van der Waals surface area (Å²) in [5.41, 5.74) is 0. The molecule has 0 aliphatic heterocycles. The molecule has 0 aromatic rings. The Morgan fingerprint density at radius 2 is 1.58 bits per heavy atom. The number of aliphatic hydroxyl groups excluding tert-OH is 1. The van der Waals surface area contributed by atoms with E-state index in [2.05, 4.69) is 0 Å². The first-order valence-electron chi connectivity index (χ1n) is 4.51. The van der Waals surface area contributed by atoms with Gasteiger partial charge in [0.15, 0.2) is 0 Å². The van der Waals surface area contributed by atoms with Gasteiger partial charge in [-0.3, -0.25) is 4.79 Å². The Morgan fingerprint density at radius 1 is 1.25 bits per heavy atom. The van der Waals surface area contributed by atoms with Crippen LogP contribution in [0.25, 0.3) is 0 Å². The zero-order chi connectivity index (χ0) is 10.6. The highest BCUT2D eigenvalue weighted by Crippen LogP contribution is 1.79. The summed E-state index contributed by atoms with van der Waals surface area (Å²) in [6.45, 7) is 9.93. The van der Waals surface area contributed by atoms with E-state index in [1.807, 2.05) is 27.7 Å². The van der Waals surface area contributed by atoms with E-state index in [4.69, 9.17) is 5.11 Å². The summed E-state index contributed by atoms with van der Waals surface area (Å²) in [6, 6.07) is 0. The highest BCUT2D eigenvalue weighted by atomic mass is 16.3.